The number of halogens is 1. The minimum Gasteiger partial charge on any atom is -0.392 e. The first-order chi connectivity index (χ1) is 6.13. The summed E-state index contributed by atoms with van der Waals surface area (Å²) in [6.45, 7) is -0.332. The normalized spacial score (nSPS) is 16.9. The van der Waals surface area contributed by atoms with Crippen molar-refractivity contribution in [2.24, 2.45) is 0 Å². The maximum atomic E-state index is 12.8. The molecule has 1 aliphatic carbocycles. The van der Waals surface area contributed by atoms with Gasteiger partial charge >= 0.3 is 0 Å². The van der Waals surface area contributed by atoms with E-state index in [-0.39, 0.29) is 18.7 Å². The third-order valence-electron chi connectivity index (χ3n) is 1.60. The van der Waals surface area contributed by atoms with Crippen molar-refractivity contribution in [3.8, 4) is 0 Å². The van der Waals surface area contributed by atoms with E-state index < -0.39 is 10.8 Å². The molecule has 4 nitrogen and oxygen atoms in total. The van der Waals surface area contributed by atoms with E-state index in [1.54, 1.807) is 0 Å². The highest BCUT2D eigenvalue weighted by atomic mass is 19.1. The largest absolute Gasteiger partial charge is 0.392 e. The highest BCUT2D eigenvalue weighted by Crippen LogP contribution is 2.18. The summed E-state index contributed by atoms with van der Waals surface area (Å²) < 4.78 is 12.8. The summed E-state index contributed by atoms with van der Waals surface area (Å²) in [4.78, 5) is 9.70. The second kappa shape index (κ2) is 3.95. The molecule has 1 aliphatic rings. The van der Waals surface area contributed by atoms with Crippen LogP contribution in [0.15, 0.2) is 35.3 Å². The molecule has 0 aromatic carbocycles. The first kappa shape index (κ1) is 9.60. The van der Waals surface area contributed by atoms with Crippen LogP contribution in [0.25, 0.3) is 0 Å². The van der Waals surface area contributed by atoms with Crippen molar-refractivity contribution in [3.63, 3.8) is 0 Å². The summed E-state index contributed by atoms with van der Waals surface area (Å²) in [7, 11) is 0. The number of hydrogen-bond donors (Lipinski definition) is 1. The molecule has 0 radical (unpaired) electrons. The van der Waals surface area contributed by atoms with Gasteiger partial charge in [0, 0.05) is 6.08 Å². The third-order valence-corrected chi connectivity index (χ3v) is 1.60. The fraction of sp³-hybridized carbons (Fsp3) is 0.250. The van der Waals surface area contributed by atoms with E-state index in [4.69, 9.17) is 5.11 Å². The zero-order valence-electron chi connectivity index (χ0n) is 6.74. The van der Waals surface area contributed by atoms with Crippen molar-refractivity contribution in [3.05, 3.63) is 45.4 Å². The number of aliphatic hydroxyl groups is 1. The Labute approximate surface area is 73.8 Å². The van der Waals surface area contributed by atoms with Gasteiger partial charge in [-0.2, -0.15) is 0 Å². The van der Waals surface area contributed by atoms with Crippen LogP contribution in [0.2, 0.25) is 0 Å². The second-order valence-electron chi connectivity index (χ2n) is 2.58. The van der Waals surface area contributed by atoms with Gasteiger partial charge in [0.1, 0.15) is 5.83 Å². The summed E-state index contributed by atoms with van der Waals surface area (Å²) in [5.41, 5.74) is 0.0888. The predicted octanol–water partition coefficient (Wildman–Crippen LogP) is 1.32. The lowest BCUT2D eigenvalue weighted by atomic mass is 10.2. The molecule has 0 bridgehead atoms. The molecule has 5 heteroatoms. The van der Waals surface area contributed by atoms with Crippen LogP contribution in [0.5, 0.6) is 0 Å². The van der Waals surface area contributed by atoms with Crippen molar-refractivity contribution < 1.29 is 14.4 Å². The second-order valence-corrected chi connectivity index (χ2v) is 2.58. The zero-order valence-corrected chi connectivity index (χ0v) is 6.74. The highest BCUT2D eigenvalue weighted by Gasteiger charge is 2.15. The van der Waals surface area contributed by atoms with Crippen molar-refractivity contribution in [2.45, 2.75) is 6.42 Å². The van der Waals surface area contributed by atoms with Gasteiger partial charge in [-0.15, -0.1) is 0 Å². The van der Waals surface area contributed by atoms with Crippen LogP contribution in [-0.4, -0.2) is 16.6 Å². The van der Waals surface area contributed by atoms with Gasteiger partial charge < -0.3 is 5.11 Å². The van der Waals surface area contributed by atoms with Gasteiger partial charge in [0.2, 0.25) is 0 Å². The first-order valence-corrected chi connectivity index (χ1v) is 3.64. The van der Waals surface area contributed by atoms with E-state index >= 15 is 0 Å². The van der Waals surface area contributed by atoms with Crippen LogP contribution in [0.1, 0.15) is 6.42 Å². The standard InChI is InChI=1S/C8H8FNO3/c9-7-2-1-6(5-11)3-8(4-7)10(12)13/h1-3,11H,4-5H2. The molecule has 0 saturated heterocycles. The molecule has 0 aromatic heterocycles. The Balaban J connectivity index is 3.00. The van der Waals surface area contributed by atoms with Crippen molar-refractivity contribution in [1.82, 2.24) is 0 Å². The molecular weight excluding hydrogens is 177 g/mol. The molecule has 70 valence electrons. The molecule has 13 heavy (non-hydrogen) atoms. The number of aliphatic hydroxyl groups excluding tert-OH is 1. The Kier molecular flexibility index (Phi) is 2.92. The van der Waals surface area contributed by atoms with Crippen LogP contribution in [0, 0.1) is 10.1 Å². The average molecular weight is 185 g/mol. The number of rotatable bonds is 2. The Bertz CT molecular complexity index is 317. The zero-order chi connectivity index (χ0) is 9.84. The van der Waals surface area contributed by atoms with E-state index in [0.29, 0.717) is 5.57 Å². The van der Waals surface area contributed by atoms with Crippen LogP contribution < -0.4 is 0 Å². The first-order valence-electron chi connectivity index (χ1n) is 3.64. The van der Waals surface area contributed by atoms with Crippen LogP contribution in [-0.2, 0) is 0 Å². The van der Waals surface area contributed by atoms with Gasteiger partial charge in [-0.1, -0.05) is 6.08 Å². The topological polar surface area (TPSA) is 63.4 Å². The van der Waals surface area contributed by atoms with Gasteiger partial charge in [0.15, 0.2) is 0 Å². The summed E-state index contributed by atoms with van der Waals surface area (Å²) >= 11 is 0. The Morgan fingerprint density at radius 3 is 2.85 bits per heavy atom. The Morgan fingerprint density at radius 1 is 1.62 bits per heavy atom. The molecule has 0 aromatic rings. The number of nitro groups is 1. The molecule has 1 N–H and O–H groups in total. The monoisotopic (exact) mass is 185 g/mol. The smallest absolute Gasteiger partial charge is 0.253 e. The van der Waals surface area contributed by atoms with Gasteiger partial charge in [0.25, 0.3) is 5.70 Å². The molecule has 0 unspecified atom stereocenters. The molecule has 0 aliphatic heterocycles. The molecule has 0 fully saturated rings. The SMILES string of the molecule is O=[N+]([O-])C1=CC(CO)=CC=C(F)C1. The van der Waals surface area contributed by atoms with Gasteiger partial charge in [-0.25, -0.2) is 4.39 Å². The molecule has 0 atom stereocenters. The van der Waals surface area contributed by atoms with Crippen molar-refractivity contribution in [2.75, 3.05) is 6.61 Å². The van der Waals surface area contributed by atoms with Crippen molar-refractivity contribution >= 4 is 0 Å². The van der Waals surface area contributed by atoms with Crippen LogP contribution in [0.3, 0.4) is 0 Å². The molecule has 0 amide bonds. The van der Waals surface area contributed by atoms with E-state index in [1.165, 1.54) is 12.2 Å². The molecule has 1 rings (SSSR count). The number of nitrogens with zero attached hydrogens (tertiary/aromatic N) is 1. The maximum Gasteiger partial charge on any atom is 0.253 e. The lowest BCUT2D eigenvalue weighted by molar-refractivity contribution is -0.427. The Hall–Kier alpha value is -1.49. The summed E-state index contributed by atoms with van der Waals surface area (Å²) in [6, 6.07) is 0. The molecule has 0 saturated carbocycles. The summed E-state index contributed by atoms with van der Waals surface area (Å²) in [5.74, 6) is -0.577. The van der Waals surface area contributed by atoms with Crippen LogP contribution in [0.4, 0.5) is 4.39 Å². The summed E-state index contributed by atoms with van der Waals surface area (Å²) in [6.07, 6.45) is 3.31. The molecule has 0 heterocycles. The molecule has 0 spiro atoms. The fourth-order valence-electron chi connectivity index (χ4n) is 0.958. The van der Waals surface area contributed by atoms with E-state index in [9.17, 15) is 14.5 Å². The number of allylic oxidation sites excluding steroid dienone is 3. The maximum absolute atomic E-state index is 12.8. The lowest BCUT2D eigenvalue weighted by Gasteiger charge is -1.94. The average Bonchev–Trinajstić information content (AvgIpc) is 2.27. The Morgan fingerprint density at radius 2 is 2.31 bits per heavy atom. The molecular formula is C8H8FNO3. The predicted molar refractivity (Wildman–Crippen MR) is 44.1 cm³/mol. The number of hydrogen-bond acceptors (Lipinski definition) is 3. The van der Waals surface area contributed by atoms with Gasteiger partial charge in [-0.05, 0) is 11.6 Å². The quantitative estimate of drug-likeness (QED) is 0.521. The van der Waals surface area contributed by atoms with Crippen molar-refractivity contribution in [1.29, 1.82) is 0 Å². The fourth-order valence-corrected chi connectivity index (χ4v) is 0.958. The van der Waals surface area contributed by atoms with E-state index in [2.05, 4.69) is 0 Å². The minimum absolute atomic E-state index is 0.244. The van der Waals surface area contributed by atoms with Gasteiger partial charge in [0.05, 0.1) is 18.0 Å². The lowest BCUT2D eigenvalue weighted by Crippen LogP contribution is -1.99. The minimum atomic E-state index is -0.651. The summed E-state index contributed by atoms with van der Waals surface area (Å²) in [5, 5.41) is 19.1. The van der Waals surface area contributed by atoms with Crippen LogP contribution >= 0.6 is 0 Å². The van der Waals surface area contributed by atoms with E-state index in [0.717, 1.165) is 6.08 Å². The van der Waals surface area contributed by atoms with Gasteiger partial charge in [-0.3, -0.25) is 10.1 Å². The highest BCUT2D eigenvalue weighted by molar-refractivity contribution is 5.31. The third kappa shape index (κ3) is 2.48. The van der Waals surface area contributed by atoms with E-state index in [1.807, 2.05) is 0 Å².